The van der Waals surface area contributed by atoms with Gasteiger partial charge in [-0.1, -0.05) is 13.8 Å². The summed E-state index contributed by atoms with van der Waals surface area (Å²) < 4.78 is 0. The molecule has 0 rings (SSSR count). The molecule has 0 aromatic heterocycles. The second-order valence-electron chi connectivity index (χ2n) is 6.67. The van der Waals surface area contributed by atoms with Crippen LogP contribution in [0.4, 0.5) is 0 Å². The number of carbonyl (C=O) groups excluding carboxylic acids is 3. The number of rotatable bonds is 13. The lowest BCUT2D eigenvalue weighted by molar-refractivity contribution is -0.147. The zero-order chi connectivity index (χ0) is 23.6. The minimum Gasteiger partial charge on any atom is -0.481 e. The predicted octanol–water partition coefficient (Wildman–Crippen LogP) is -3.55. The van der Waals surface area contributed by atoms with Crippen molar-refractivity contribution in [2.75, 3.05) is 6.61 Å². The number of aliphatic hydroxyl groups is 1. The predicted molar refractivity (Wildman–Crippen MR) is 97.8 cm³/mol. The topological polar surface area (TPSA) is 245 Å². The molecule has 0 saturated carbocycles. The number of carbonyl (C=O) groups is 6. The minimum atomic E-state index is -1.83. The van der Waals surface area contributed by atoms with Crippen molar-refractivity contribution < 1.29 is 49.2 Å². The molecule has 0 bridgehead atoms. The molecule has 0 spiro atoms. The molecular weight excluding hydrogens is 408 g/mol. The largest absolute Gasteiger partial charge is 0.481 e. The minimum absolute atomic E-state index is 0.323. The zero-order valence-corrected chi connectivity index (χ0v) is 16.3. The van der Waals surface area contributed by atoms with E-state index in [1.165, 1.54) is 0 Å². The molecular formula is C16H26N4O10. The normalized spacial score (nSPS) is 14.7. The molecule has 3 amide bonds. The second-order valence-corrected chi connectivity index (χ2v) is 6.67. The zero-order valence-electron chi connectivity index (χ0n) is 16.3. The van der Waals surface area contributed by atoms with E-state index >= 15 is 0 Å². The van der Waals surface area contributed by atoms with Gasteiger partial charge in [0.15, 0.2) is 0 Å². The molecule has 4 atom stereocenters. The average Bonchev–Trinajstić information content (AvgIpc) is 2.62. The molecule has 0 radical (unpaired) electrons. The van der Waals surface area contributed by atoms with Gasteiger partial charge in [-0.05, 0) is 5.92 Å². The number of hydrogen-bond acceptors (Lipinski definition) is 8. The molecule has 14 nitrogen and oxygen atoms in total. The smallest absolute Gasteiger partial charge is 0.326 e. The Hall–Kier alpha value is -3.26. The van der Waals surface area contributed by atoms with Gasteiger partial charge < -0.3 is 42.1 Å². The standard InChI is InChI=1S/C16H26N4O10/c1-6(2)12(17)15(28)18-7(3-10(22)23)13(26)20-9(5-21)14(27)19-8(16(29)30)4-11(24)25/h6-9,12,21H,3-5,17H2,1-2H3,(H,18,28)(H,19,27)(H,20,26)(H,22,23)(H,24,25)(H,29,30)/t7-,8-,9-,12-/m0/s1. The van der Waals surface area contributed by atoms with Gasteiger partial charge in [0.25, 0.3) is 0 Å². The maximum Gasteiger partial charge on any atom is 0.326 e. The summed E-state index contributed by atoms with van der Waals surface area (Å²) in [5, 5.41) is 41.8. The quantitative estimate of drug-likeness (QED) is 0.141. The van der Waals surface area contributed by atoms with Crippen molar-refractivity contribution >= 4 is 35.6 Å². The van der Waals surface area contributed by atoms with Crippen LogP contribution in [0.3, 0.4) is 0 Å². The van der Waals surface area contributed by atoms with Crippen molar-refractivity contribution in [2.24, 2.45) is 11.7 Å². The summed E-state index contributed by atoms with van der Waals surface area (Å²) in [6.45, 7) is 2.23. The Morgan fingerprint density at radius 3 is 1.53 bits per heavy atom. The Morgan fingerprint density at radius 2 is 1.13 bits per heavy atom. The molecule has 0 fully saturated rings. The first-order valence-electron chi connectivity index (χ1n) is 8.74. The number of nitrogens with two attached hydrogens (primary N) is 1. The van der Waals surface area contributed by atoms with Crippen LogP contribution in [0.5, 0.6) is 0 Å². The van der Waals surface area contributed by atoms with Crippen LogP contribution in [0.15, 0.2) is 0 Å². The van der Waals surface area contributed by atoms with Crippen molar-refractivity contribution in [1.82, 2.24) is 16.0 Å². The lowest BCUT2D eigenvalue weighted by Gasteiger charge is -2.24. The van der Waals surface area contributed by atoms with Crippen LogP contribution < -0.4 is 21.7 Å². The first-order chi connectivity index (χ1) is 13.8. The van der Waals surface area contributed by atoms with E-state index in [-0.39, 0.29) is 5.92 Å². The van der Waals surface area contributed by atoms with Gasteiger partial charge in [-0.2, -0.15) is 0 Å². The Labute approximate surface area is 170 Å². The number of hydrogen-bond donors (Lipinski definition) is 8. The van der Waals surface area contributed by atoms with Gasteiger partial charge in [-0.25, -0.2) is 4.79 Å². The van der Waals surface area contributed by atoms with Crippen LogP contribution in [0, 0.1) is 5.92 Å². The summed E-state index contributed by atoms with van der Waals surface area (Å²) in [5.41, 5.74) is 5.64. The monoisotopic (exact) mass is 434 g/mol. The molecule has 170 valence electrons. The highest BCUT2D eigenvalue weighted by atomic mass is 16.4. The van der Waals surface area contributed by atoms with E-state index < -0.39 is 79.2 Å². The van der Waals surface area contributed by atoms with Gasteiger partial charge >= 0.3 is 17.9 Å². The average molecular weight is 434 g/mol. The third-order valence-corrected chi connectivity index (χ3v) is 3.84. The van der Waals surface area contributed by atoms with Gasteiger partial charge in [0.2, 0.25) is 17.7 Å². The molecule has 0 aromatic carbocycles. The molecule has 14 heteroatoms. The Morgan fingerprint density at radius 1 is 0.733 bits per heavy atom. The molecule has 0 saturated heterocycles. The van der Waals surface area contributed by atoms with Gasteiger partial charge in [0.05, 0.1) is 25.5 Å². The van der Waals surface area contributed by atoms with Crippen molar-refractivity contribution in [2.45, 2.75) is 50.9 Å². The van der Waals surface area contributed by atoms with Crippen molar-refractivity contribution in [3.63, 3.8) is 0 Å². The Bertz CT molecular complexity index is 681. The Kier molecular flexibility index (Phi) is 11.0. The third kappa shape index (κ3) is 9.29. The number of aliphatic hydroxyl groups excluding tert-OH is 1. The fourth-order valence-electron chi connectivity index (χ4n) is 2.07. The number of amides is 3. The molecule has 30 heavy (non-hydrogen) atoms. The van der Waals surface area contributed by atoms with E-state index in [1.807, 2.05) is 10.6 Å². The summed E-state index contributed by atoms with van der Waals surface area (Å²) in [6.07, 6.45) is -1.82. The molecule has 9 N–H and O–H groups in total. The van der Waals surface area contributed by atoms with E-state index in [0.717, 1.165) is 0 Å². The molecule has 0 unspecified atom stereocenters. The van der Waals surface area contributed by atoms with E-state index in [4.69, 9.17) is 21.1 Å². The highest BCUT2D eigenvalue weighted by Crippen LogP contribution is 2.02. The van der Waals surface area contributed by atoms with Crippen molar-refractivity contribution in [3.05, 3.63) is 0 Å². The van der Waals surface area contributed by atoms with Crippen LogP contribution in [0.2, 0.25) is 0 Å². The summed E-state index contributed by atoms with van der Waals surface area (Å²) in [5.74, 6) is -8.14. The number of carboxylic acid groups (broad SMARTS) is 3. The van der Waals surface area contributed by atoms with Crippen LogP contribution in [0.1, 0.15) is 26.7 Å². The Balaban J connectivity index is 5.29. The van der Waals surface area contributed by atoms with Crippen molar-refractivity contribution in [1.29, 1.82) is 0 Å². The lowest BCUT2D eigenvalue weighted by Crippen LogP contribution is -2.58. The van der Waals surface area contributed by atoms with Gasteiger partial charge in [-0.3, -0.25) is 24.0 Å². The molecule has 0 heterocycles. The van der Waals surface area contributed by atoms with E-state index in [9.17, 15) is 33.9 Å². The van der Waals surface area contributed by atoms with Gasteiger partial charge in [-0.15, -0.1) is 0 Å². The first kappa shape index (κ1) is 26.7. The number of aliphatic carboxylic acids is 3. The fourth-order valence-corrected chi connectivity index (χ4v) is 2.07. The van der Waals surface area contributed by atoms with Gasteiger partial charge in [0, 0.05) is 0 Å². The molecule has 0 aromatic rings. The number of carboxylic acids is 3. The van der Waals surface area contributed by atoms with E-state index in [1.54, 1.807) is 13.8 Å². The van der Waals surface area contributed by atoms with Crippen molar-refractivity contribution in [3.8, 4) is 0 Å². The van der Waals surface area contributed by atoms with E-state index in [2.05, 4.69) is 5.32 Å². The summed E-state index contributed by atoms with van der Waals surface area (Å²) >= 11 is 0. The summed E-state index contributed by atoms with van der Waals surface area (Å²) in [6, 6.07) is -6.26. The SMILES string of the molecule is CC(C)[C@H](N)C(=O)N[C@@H](CC(=O)O)C(=O)N[C@@H](CO)C(=O)N[C@@H](CC(=O)O)C(=O)O. The number of nitrogens with one attached hydrogen (secondary N) is 3. The third-order valence-electron chi connectivity index (χ3n) is 3.84. The maximum absolute atomic E-state index is 12.3. The first-order valence-corrected chi connectivity index (χ1v) is 8.74. The molecule has 0 aliphatic carbocycles. The maximum atomic E-state index is 12.3. The van der Waals surface area contributed by atoms with Crippen LogP contribution in [-0.4, -0.2) is 86.8 Å². The van der Waals surface area contributed by atoms with Crippen LogP contribution in [0.25, 0.3) is 0 Å². The van der Waals surface area contributed by atoms with Crippen LogP contribution >= 0.6 is 0 Å². The molecule has 0 aliphatic heterocycles. The fraction of sp³-hybridized carbons (Fsp3) is 0.625. The molecule has 0 aliphatic rings. The van der Waals surface area contributed by atoms with Gasteiger partial charge in [0.1, 0.15) is 18.1 Å². The van der Waals surface area contributed by atoms with Crippen LogP contribution in [-0.2, 0) is 28.8 Å². The van der Waals surface area contributed by atoms with E-state index in [0.29, 0.717) is 0 Å². The summed E-state index contributed by atoms with van der Waals surface area (Å²) in [7, 11) is 0. The highest BCUT2D eigenvalue weighted by Gasteiger charge is 2.32. The highest BCUT2D eigenvalue weighted by molar-refractivity contribution is 5.96. The lowest BCUT2D eigenvalue weighted by atomic mass is 10.0. The summed E-state index contributed by atoms with van der Waals surface area (Å²) in [4.78, 5) is 69.2. The second kappa shape index (κ2) is 12.3.